The first-order chi connectivity index (χ1) is 11.4. The Morgan fingerprint density at radius 1 is 0.565 bits per heavy atom. The monoisotopic (exact) mass is 297 g/mol. The van der Waals surface area contributed by atoms with Gasteiger partial charge >= 0.3 is 5.78 Å². The Hall–Kier alpha value is -2.93. The van der Waals surface area contributed by atoms with Crippen molar-refractivity contribution in [1.82, 2.24) is 0 Å². The first-order valence-electron chi connectivity index (χ1n) is 7.76. The van der Waals surface area contributed by atoms with Crippen LogP contribution in [0.3, 0.4) is 0 Å². The fourth-order valence-corrected chi connectivity index (χ4v) is 3.02. The molecule has 4 rings (SSSR count). The van der Waals surface area contributed by atoms with Crippen LogP contribution in [0.15, 0.2) is 96.1 Å². The third-order valence-electron chi connectivity index (χ3n) is 4.19. The van der Waals surface area contributed by atoms with Gasteiger partial charge in [-0.2, -0.15) is 0 Å². The fraction of sp³-hybridized carbons (Fsp3) is 0.0455. The van der Waals surface area contributed by atoms with E-state index in [1.54, 1.807) is 7.11 Å². The molecule has 0 atom stereocenters. The van der Waals surface area contributed by atoms with Crippen molar-refractivity contribution >= 4 is 16.9 Å². The highest BCUT2D eigenvalue weighted by Gasteiger charge is 2.34. The molecule has 2 aliphatic rings. The smallest absolute Gasteiger partial charge is 0.258 e. The molecular weight excluding hydrogens is 280 g/mol. The molecule has 0 amide bonds. The summed E-state index contributed by atoms with van der Waals surface area (Å²) < 4.78 is 5.27. The lowest BCUT2D eigenvalue weighted by atomic mass is 10.0. The van der Waals surface area contributed by atoms with Crippen molar-refractivity contribution in [3.05, 3.63) is 107 Å². The van der Waals surface area contributed by atoms with E-state index < -0.39 is 0 Å². The molecule has 0 aliphatic heterocycles. The Morgan fingerprint density at radius 2 is 1.04 bits per heavy atom. The molecule has 0 N–H and O–H groups in total. The van der Waals surface area contributed by atoms with Gasteiger partial charge in [0, 0.05) is 12.2 Å². The van der Waals surface area contributed by atoms with Gasteiger partial charge in [0.1, 0.15) is 0 Å². The summed E-state index contributed by atoms with van der Waals surface area (Å²) in [5, 5.41) is 0. The van der Waals surface area contributed by atoms with Gasteiger partial charge in [-0.25, -0.2) is 0 Å². The van der Waals surface area contributed by atoms with Gasteiger partial charge in [-0.05, 0) is 45.6 Å². The maximum Gasteiger partial charge on any atom is 0.343 e. The van der Waals surface area contributed by atoms with Crippen LogP contribution in [-0.2, 0) is 4.42 Å². The minimum atomic E-state index is 0.887. The number of hydrogen-bond donors (Lipinski definition) is 0. The zero-order chi connectivity index (χ0) is 15.6. The maximum absolute atomic E-state index is 5.27. The molecule has 0 fully saturated rings. The lowest BCUT2D eigenvalue weighted by Gasteiger charge is -1.99. The van der Waals surface area contributed by atoms with Gasteiger partial charge in [-0.15, -0.1) is 0 Å². The average molecular weight is 297 g/mol. The molecule has 0 saturated carbocycles. The maximum atomic E-state index is 5.27. The molecule has 1 heteroatoms. The largest absolute Gasteiger partial charge is 0.343 e. The van der Waals surface area contributed by atoms with Gasteiger partial charge in [0.2, 0.25) is 0 Å². The molecule has 110 valence electrons. The standard InChI is InChI=1S/C22H17O/c1-23-19-14-12-18(13-15-19)22-20(16-8-4-2-5-9-16)21(22)17-10-6-3-7-11-17/h2-15H,1H3/q+1. The van der Waals surface area contributed by atoms with Gasteiger partial charge in [0.05, 0.1) is 0 Å². The van der Waals surface area contributed by atoms with Gasteiger partial charge in [0.15, 0.2) is 0 Å². The third kappa shape index (κ3) is 2.51. The summed E-state index contributed by atoms with van der Waals surface area (Å²) in [6.07, 6.45) is 8.30. The predicted molar refractivity (Wildman–Crippen MR) is 95.9 cm³/mol. The second-order valence-electron chi connectivity index (χ2n) is 5.59. The second kappa shape index (κ2) is 5.69. The summed E-state index contributed by atoms with van der Waals surface area (Å²) >= 11 is 0. The Kier molecular flexibility index (Phi) is 3.39. The zero-order valence-electron chi connectivity index (χ0n) is 13.0. The van der Waals surface area contributed by atoms with Crippen LogP contribution in [0.1, 0.15) is 11.1 Å². The van der Waals surface area contributed by atoms with Crippen molar-refractivity contribution in [3.8, 4) is 0 Å². The van der Waals surface area contributed by atoms with Crippen LogP contribution in [0.5, 0.6) is 0 Å². The van der Waals surface area contributed by atoms with Gasteiger partial charge < -0.3 is 0 Å². The topological polar surface area (TPSA) is 11.3 Å². The van der Waals surface area contributed by atoms with Crippen LogP contribution in [-0.4, -0.2) is 12.9 Å². The van der Waals surface area contributed by atoms with E-state index in [2.05, 4.69) is 72.8 Å². The molecule has 0 saturated heterocycles. The van der Waals surface area contributed by atoms with Crippen LogP contribution in [0, 0.1) is 0 Å². The molecule has 0 radical (unpaired) electrons. The molecule has 23 heavy (non-hydrogen) atoms. The lowest BCUT2D eigenvalue weighted by molar-refractivity contribution is -0.417. The first kappa shape index (κ1) is 13.7. The van der Waals surface area contributed by atoms with Crippen molar-refractivity contribution in [1.29, 1.82) is 0 Å². The molecule has 0 spiro atoms. The third-order valence-corrected chi connectivity index (χ3v) is 4.19. The van der Waals surface area contributed by atoms with Crippen molar-refractivity contribution in [3.63, 3.8) is 0 Å². The normalized spacial score (nSPS) is 16.1. The van der Waals surface area contributed by atoms with Gasteiger partial charge in [-0.1, -0.05) is 60.7 Å². The summed E-state index contributed by atoms with van der Waals surface area (Å²) in [5.74, 6) is 0.887. The Bertz CT molecular complexity index is 822. The highest BCUT2D eigenvalue weighted by Crippen LogP contribution is 2.54. The molecule has 2 aliphatic carbocycles. The fourth-order valence-electron chi connectivity index (χ4n) is 3.02. The highest BCUT2D eigenvalue weighted by molar-refractivity contribution is 6.27. The summed E-state index contributed by atoms with van der Waals surface area (Å²) in [5.41, 5.74) is 7.83. The average Bonchev–Trinajstić information content (AvgIpc) is 3.39. The number of rotatable bonds is 2. The Labute approximate surface area is 136 Å². The van der Waals surface area contributed by atoms with Crippen molar-refractivity contribution in [2.24, 2.45) is 0 Å². The number of allylic oxidation sites excluding steroid dienone is 8. The highest BCUT2D eigenvalue weighted by atomic mass is 16.4. The zero-order valence-corrected chi connectivity index (χ0v) is 13.0. The minimum absolute atomic E-state index is 0.887. The van der Waals surface area contributed by atoms with Gasteiger partial charge in [-0.3, -0.25) is 4.42 Å². The van der Waals surface area contributed by atoms with Crippen molar-refractivity contribution in [2.75, 3.05) is 7.11 Å². The molecule has 1 nitrogen and oxygen atoms in total. The number of ketones is 1. The van der Waals surface area contributed by atoms with E-state index in [9.17, 15) is 0 Å². The van der Waals surface area contributed by atoms with Crippen LogP contribution < -0.4 is 0 Å². The van der Waals surface area contributed by atoms with Crippen LogP contribution in [0.25, 0.3) is 11.1 Å². The molecule has 0 bridgehead atoms. The summed E-state index contributed by atoms with van der Waals surface area (Å²) in [7, 11) is 1.70. The predicted octanol–water partition coefficient (Wildman–Crippen LogP) is 4.77. The van der Waals surface area contributed by atoms with Gasteiger partial charge in [0.25, 0.3) is 7.11 Å². The van der Waals surface area contributed by atoms with E-state index in [1.807, 2.05) is 12.2 Å². The summed E-state index contributed by atoms with van der Waals surface area (Å²) in [6.45, 7) is 0. The number of benzene rings is 2. The molecule has 2 aromatic carbocycles. The SMILES string of the molecule is C[O+]=C1C=CC(=C2C(c3ccccc3)=C2c2ccccc2)C=C1. The second-order valence-corrected chi connectivity index (χ2v) is 5.59. The molecule has 0 aromatic heterocycles. The molecule has 0 heterocycles. The van der Waals surface area contributed by atoms with Crippen LogP contribution in [0.2, 0.25) is 0 Å². The molecule has 0 unspecified atom stereocenters. The van der Waals surface area contributed by atoms with E-state index in [0.717, 1.165) is 5.78 Å². The van der Waals surface area contributed by atoms with Crippen LogP contribution >= 0.6 is 0 Å². The number of carbonyl (C=O) groups excluding carboxylic acids is 1. The lowest BCUT2D eigenvalue weighted by Crippen LogP contribution is -1.96. The van der Waals surface area contributed by atoms with Crippen molar-refractivity contribution in [2.45, 2.75) is 0 Å². The van der Waals surface area contributed by atoms with E-state index in [4.69, 9.17) is 4.42 Å². The van der Waals surface area contributed by atoms with Crippen LogP contribution in [0.4, 0.5) is 0 Å². The summed E-state index contributed by atoms with van der Waals surface area (Å²) in [6, 6.07) is 21.2. The molecular formula is C22H17O+. The Balaban J connectivity index is 1.82. The number of hydrogen-bond acceptors (Lipinski definition) is 0. The molecule has 2 aromatic rings. The minimum Gasteiger partial charge on any atom is -0.258 e. The van der Waals surface area contributed by atoms with E-state index in [1.165, 1.54) is 33.4 Å². The first-order valence-corrected chi connectivity index (χ1v) is 7.76. The van der Waals surface area contributed by atoms with Crippen molar-refractivity contribution < 1.29 is 4.42 Å². The summed E-state index contributed by atoms with van der Waals surface area (Å²) in [4.78, 5) is 0. The Morgan fingerprint density at radius 3 is 1.48 bits per heavy atom. The van der Waals surface area contributed by atoms with E-state index >= 15 is 0 Å². The quantitative estimate of drug-likeness (QED) is 0.708. The van der Waals surface area contributed by atoms with E-state index in [-0.39, 0.29) is 0 Å². The van der Waals surface area contributed by atoms with E-state index in [0.29, 0.717) is 0 Å².